The lowest BCUT2D eigenvalue weighted by atomic mass is 10.0. The minimum atomic E-state index is -0.520. The Balaban J connectivity index is 1.65. The Morgan fingerprint density at radius 2 is 1.97 bits per heavy atom. The fourth-order valence-electron chi connectivity index (χ4n) is 4.88. The number of anilines is 1. The molecule has 35 heavy (non-hydrogen) atoms. The predicted octanol–water partition coefficient (Wildman–Crippen LogP) is 5.58. The molecule has 9 heteroatoms. The van der Waals surface area contributed by atoms with Gasteiger partial charge in [0.2, 0.25) is 0 Å². The molecule has 1 unspecified atom stereocenters. The summed E-state index contributed by atoms with van der Waals surface area (Å²) in [7, 11) is 0. The number of rotatable bonds is 2. The summed E-state index contributed by atoms with van der Waals surface area (Å²) in [6.07, 6.45) is 4.18. The smallest absolute Gasteiger partial charge is 0.166 e. The van der Waals surface area contributed by atoms with Crippen molar-refractivity contribution in [2.45, 2.75) is 52.7 Å². The average Bonchev–Trinajstić information content (AvgIpc) is 3.53. The Morgan fingerprint density at radius 3 is 2.74 bits per heavy atom. The van der Waals surface area contributed by atoms with E-state index in [4.69, 9.17) is 32.3 Å². The lowest BCUT2D eigenvalue weighted by molar-refractivity contribution is 0.226. The Kier molecular flexibility index (Phi) is 5.11. The molecule has 1 aromatic carbocycles. The van der Waals surface area contributed by atoms with Gasteiger partial charge in [0.15, 0.2) is 11.6 Å². The van der Waals surface area contributed by atoms with E-state index in [1.165, 1.54) is 25.0 Å². The zero-order chi connectivity index (χ0) is 24.4. The maximum Gasteiger partial charge on any atom is 0.166 e. The van der Waals surface area contributed by atoms with Gasteiger partial charge in [-0.05, 0) is 63.8 Å². The first-order valence-electron chi connectivity index (χ1n) is 11.8. The minimum absolute atomic E-state index is 0.279. The zero-order valence-electron chi connectivity index (χ0n) is 19.8. The molecule has 1 aliphatic heterocycles. The Hall–Kier alpha value is -3.39. The van der Waals surface area contributed by atoms with Crippen LogP contribution >= 0.6 is 11.6 Å². The summed E-state index contributed by atoms with van der Waals surface area (Å²) < 4.78 is 24.6. The van der Waals surface area contributed by atoms with E-state index in [0.717, 1.165) is 34.8 Å². The van der Waals surface area contributed by atoms with Crippen LogP contribution in [0.5, 0.6) is 5.75 Å². The molecule has 2 bridgehead atoms. The van der Waals surface area contributed by atoms with E-state index < -0.39 is 6.10 Å². The second kappa shape index (κ2) is 8.09. The number of nitrogen functional groups attached to an aromatic ring is 1. The number of halogens is 2. The number of aromatic nitrogens is 5. The van der Waals surface area contributed by atoms with E-state index in [2.05, 4.69) is 9.67 Å². The van der Waals surface area contributed by atoms with Crippen molar-refractivity contribution in [3.8, 4) is 22.7 Å². The van der Waals surface area contributed by atoms with Crippen molar-refractivity contribution in [1.82, 2.24) is 24.5 Å². The highest BCUT2D eigenvalue weighted by Crippen LogP contribution is 2.40. The van der Waals surface area contributed by atoms with Crippen molar-refractivity contribution in [2.24, 2.45) is 5.92 Å². The van der Waals surface area contributed by atoms with Crippen LogP contribution in [0.3, 0.4) is 0 Å². The quantitative estimate of drug-likeness (QED) is 0.395. The van der Waals surface area contributed by atoms with Crippen molar-refractivity contribution in [3.63, 3.8) is 0 Å². The standard InChI is InChI=1S/C26H26ClFN6O/c1-13-19-10-22-24(27)14(2)32-34(22)21-7-6-18(28)9-20(21)15(3)35-23-8-17(11-30-26(23)29)25(19)33(31-13)12-16-4-5-16/h6-9,11,15-16H,4-5,10,12H2,1-3H3,(H2,29,30). The van der Waals surface area contributed by atoms with Crippen LogP contribution in [-0.4, -0.2) is 24.5 Å². The first-order chi connectivity index (χ1) is 16.8. The van der Waals surface area contributed by atoms with E-state index in [9.17, 15) is 4.39 Å². The predicted molar refractivity (Wildman–Crippen MR) is 132 cm³/mol. The highest BCUT2D eigenvalue weighted by Gasteiger charge is 2.29. The van der Waals surface area contributed by atoms with Gasteiger partial charge in [-0.15, -0.1) is 0 Å². The highest BCUT2D eigenvalue weighted by molar-refractivity contribution is 6.32. The van der Waals surface area contributed by atoms with Crippen LogP contribution in [0.1, 0.15) is 54.1 Å². The Morgan fingerprint density at radius 1 is 1.17 bits per heavy atom. The normalized spacial score (nSPS) is 17.0. The topological polar surface area (TPSA) is 83.8 Å². The largest absolute Gasteiger partial charge is 0.482 e. The maximum absolute atomic E-state index is 14.4. The third-order valence-electron chi connectivity index (χ3n) is 6.92. The number of benzene rings is 1. The molecule has 0 amide bonds. The SMILES string of the molecule is Cc1nn2c(c1Cl)Cc1c(C)nn(CC3CC3)c1-c1cnc(N)c(c1)OC(C)c1cc(F)ccc1-2. The fourth-order valence-corrected chi connectivity index (χ4v) is 5.07. The van der Waals surface area contributed by atoms with Gasteiger partial charge in [0, 0.05) is 35.9 Å². The van der Waals surface area contributed by atoms with Crippen LogP contribution in [0.2, 0.25) is 5.02 Å². The molecule has 1 atom stereocenters. The van der Waals surface area contributed by atoms with E-state index in [0.29, 0.717) is 40.1 Å². The van der Waals surface area contributed by atoms with Crippen LogP contribution in [0, 0.1) is 25.6 Å². The van der Waals surface area contributed by atoms with Gasteiger partial charge in [0.1, 0.15) is 11.9 Å². The summed E-state index contributed by atoms with van der Waals surface area (Å²) >= 11 is 6.82. The van der Waals surface area contributed by atoms with E-state index in [1.807, 2.05) is 31.5 Å². The summed E-state index contributed by atoms with van der Waals surface area (Å²) in [5.74, 6) is 1.00. The molecule has 6 rings (SSSR count). The number of nitrogens with two attached hydrogens (primary N) is 1. The van der Waals surface area contributed by atoms with Crippen molar-refractivity contribution in [3.05, 3.63) is 69.5 Å². The zero-order valence-corrected chi connectivity index (χ0v) is 20.6. The summed E-state index contributed by atoms with van der Waals surface area (Å²) in [6.45, 7) is 6.60. The van der Waals surface area contributed by atoms with Gasteiger partial charge in [-0.1, -0.05) is 11.6 Å². The number of ether oxygens (including phenoxy) is 1. The molecule has 2 N–H and O–H groups in total. The Bertz CT molecular complexity index is 1470. The van der Waals surface area contributed by atoms with Crippen LogP contribution in [0.4, 0.5) is 10.2 Å². The third-order valence-corrected chi connectivity index (χ3v) is 7.41. The summed E-state index contributed by atoms with van der Waals surface area (Å²) in [5, 5.41) is 10.2. The van der Waals surface area contributed by atoms with Crippen LogP contribution in [0.25, 0.3) is 16.9 Å². The number of hydrogen-bond donors (Lipinski definition) is 1. The summed E-state index contributed by atoms with van der Waals surface area (Å²) in [4.78, 5) is 4.44. The minimum Gasteiger partial charge on any atom is -0.482 e. The Labute approximate surface area is 207 Å². The lowest BCUT2D eigenvalue weighted by Gasteiger charge is -2.22. The molecule has 4 heterocycles. The van der Waals surface area contributed by atoms with E-state index in [1.54, 1.807) is 12.3 Å². The van der Waals surface area contributed by atoms with E-state index >= 15 is 0 Å². The van der Waals surface area contributed by atoms with Crippen molar-refractivity contribution in [2.75, 3.05) is 5.73 Å². The van der Waals surface area contributed by atoms with Gasteiger partial charge in [-0.2, -0.15) is 10.2 Å². The summed E-state index contributed by atoms with van der Waals surface area (Å²) in [5.41, 5.74) is 12.9. The van der Waals surface area contributed by atoms with Crippen LogP contribution < -0.4 is 10.5 Å². The van der Waals surface area contributed by atoms with Gasteiger partial charge in [0.25, 0.3) is 0 Å². The molecule has 3 aromatic heterocycles. The molecule has 7 nitrogen and oxygen atoms in total. The second-order valence-corrected chi connectivity index (χ2v) is 9.92. The average molecular weight is 493 g/mol. The second-order valence-electron chi connectivity index (χ2n) is 9.54. The van der Waals surface area contributed by atoms with Gasteiger partial charge in [-0.3, -0.25) is 4.68 Å². The molecule has 0 saturated heterocycles. The van der Waals surface area contributed by atoms with Gasteiger partial charge in [0.05, 0.1) is 33.5 Å². The highest BCUT2D eigenvalue weighted by atomic mass is 35.5. The number of aryl methyl sites for hydroxylation is 2. The summed E-state index contributed by atoms with van der Waals surface area (Å²) in [6, 6.07) is 6.52. The molecule has 1 fully saturated rings. The molecular weight excluding hydrogens is 467 g/mol. The fraction of sp³-hybridized carbons (Fsp3) is 0.346. The van der Waals surface area contributed by atoms with Gasteiger partial charge < -0.3 is 10.5 Å². The van der Waals surface area contributed by atoms with Gasteiger partial charge in [-0.25, -0.2) is 14.1 Å². The first kappa shape index (κ1) is 22.1. The number of fused-ring (bicyclic) bond motifs is 7. The number of nitrogens with zero attached hydrogens (tertiary/aromatic N) is 5. The van der Waals surface area contributed by atoms with Crippen molar-refractivity contribution < 1.29 is 9.13 Å². The molecule has 4 aromatic rings. The van der Waals surface area contributed by atoms with Crippen LogP contribution in [0.15, 0.2) is 30.5 Å². The molecule has 2 aliphatic rings. The van der Waals surface area contributed by atoms with Crippen molar-refractivity contribution >= 4 is 17.4 Å². The molecule has 0 radical (unpaired) electrons. The van der Waals surface area contributed by atoms with E-state index in [-0.39, 0.29) is 11.6 Å². The molecule has 0 spiro atoms. The number of pyridine rings is 1. The maximum atomic E-state index is 14.4. The molecular formula is C26H26ClFN6O. The van der Waals surface area contributed by atoms with Gasteiger partial charge >= 0.3 is 0 Å². The van der Waals surface area contributed by atoms with Crippen molar-refractivity contribution in [1.29, 1.82) is 0 Å². The lowest BCUT2D eigenvalue weighted by Crippen LogP contribution is -2.14. The molecule has 1 saturated carbocycles. The molecule has 180 valence electrons. The molecule has 1 aliphatic carbocycles. The number of hydrogen-bond acceptors (Lipinski definition) is 5. The third kappa shape index (κ3) is 3.76. The van der Waals surface area contributed by atoms with Crippen LogP contribution in [-0.2, 0) is 13.0 Å². The monoisotopic (exact) mass is 492 g/mol. The first-order valence-corrected chi connectivity index (χ1v) is 12.2.